The highest BCUT2D eigenvalue weighted by Gasteiger charge is 2.29. The molecular weight excluding hydrogens is 351 g/mol. The van der Waals surface area contributed by atoms with E-state index in [0.29, 0.717) is 10.7 Å². The number of hydrogen-bond acceptors (Lipinski definition) is 4. The molecule has 1 aromatic carbocycles. The second-order valence-electron chi connectivity index (χ2n) is 5.67. The lowest BCUT2D eigenvalue weighted by Crippen LogP contribution is -2.27. The largest absolute Gasteiger partial charge is 0.416 e. The molecule has 1 aromatic heterocycles. The van der Waals surface area contributed by atoms with E-state index in [9.17, 15) is 18.0 Å². The minimum Gasteiger partial charge on any atom is -0.341 e. The van der Waals surface area contributed by atoms with Crippen LogP contribution in [-0.2, 0) is 17.5 Å². The van der Waals surface area contributed by atoms with Crippen molar-refractivity contribution < 1.29 is 18.0 Å². The van der Waals surface area contributed by atoms with E-state index in [2.05, 4.69) is 9.97 Å². The molecule has 0 saturated heterocycles. The van der Waals surface area contributed by atoms with E-state index >= 15 is 0 Å². The van der Waals surface area contributed by atoms with Gasteiger partial charge in [-0.1, -0.05) is 23.9 Å². The number of rotatable bonds is 5. The van der Waals surface area contributed by atoms with Crippen molar-refractivity contribution in [2.75, 3.05) is 12.8 Å². The average Bonchev–Trinajstić information content (AvgIpc) is 2.51. The van der Waals surface area contributed by atoms with Gasteiger partial charge in [0.25, 0.3) is 0 Å². The first-order valence-corrected chi connectivity index (χ1v) is 8.49. The Kier molecular flexibility index (Phi) is 6.05. The van der Waals surface area contributed by atoms with E-state index in [0.717, 1.165) is 23.5 Å². The molecule has 0 bridgehead atoms. The molecule has 0 aliphatic rings. The first kappa shape index (κ1) is 19.2. The fourth-order valence-electron chi connectivity index (χ4n) is 2.16. The minimum absolute atomic E-state index is 0.146. The standard InChI is InChI=1S/C17H18F3N3OS/c1-11-8-12(2)22-16(21-11)25-10-15(24)23(3)9-13-4-6-14(7-5-13)17(18,19)20/h4-8H,9-10H2,1-3H3. The first-order valence-electron chi connectivity index (χ1n) is 7.50. The van der Waals surface area contributed by atoms with E-state index in [4.69, 9.17) is 0 Å². The van der Waals surface area contributed by atoms with Crippen molar-refractivity contribution in [3.63, 3.8) is 0 Å². The molecule has 0 aliphatic heterocycles. The van der Waals surface area contributed by atoms with Crippen LogP contribution in [-0.4, -0.2) is 33.6 Å². The molecule has 0 atom stereocenters. The van der Waals surface area contributed by atoms with Crippen LogP contribution in [0.5, 0.6) is 0 Å². The summed E-state index contributed by atoms with van der Waals surface area (Å²) in [6.07, 6.45) is -4.36. The first-order chi connectivity index (χ1) is 11.6. The van der Waals surface area contributed by atoms with Gasteiger partial charge in [-0.25, -0.2) is 9.97 Å². The SMILES string of the molecule is Cc1cc(C)nc(SCC(=O)N(C)Cc2ccc(C(F)(F)F)cc2)n1. The third-order valence-electron chi connectivity index (χ3n) is 3.41. The predicted octanol–water partition coefficient (Wildman–Crippen LogP) is 3.86. The monoisotopic (exact) mass is 369 g/mol. The summed E-state index contributed by atoms with van der Waals surface area (Å²) in [7, 11) is 1.61. The lowest BCUT2D eigenvalue weighted by Gasteiger charge is -2.17. The Balaban J connectivity index is 1.91. The minimum atomic E-state index is -4.36. The van der Waals surface area contributed by atoms with Gasteiger partial charge >= 0.3 is 6.18 Å². The van der Waals surface area contributed by atoms with Gasteiger partial charge in [-0.3, -0.25) is 4.79 Å². The zero-order valence-electron chi connectivity index (χ0n) is 14.1. The van der Waals surface area contributed by atoms with Gasteiger partial charge in [-0.15, -0.1) is 0 Å². The van der Waals surface area contributed by atoms with Gasteiger partial charge in [0.2, 0.25) is 5.91 Å². The Bertz CT molecular complexity index is 728. The smallest absolute Gasteiger partial charge is 0.341 e. The van der Waals surface area contributed by atoms with Gasteiger partial charge in [0.15, 0.2) is 5.16 Å². The lowest BCUT2D eigenvalue weighted by molar-refractivity contribution is -0.137. The highest BCUT2D eigenvalue weighted by molar-refractivity contribution is 7.99. The Morgan fingerprint density at radius 1 is 1.12 bits per heavy atom. The number of aromatic nitrogens is 2. The summed E-state index contributed by atoms with van der Waals surface area (Å²) >= 11 is 1.24. The van der Waals surface area contributed by atoms with Crippen LogP contribution in [0.1, 0.15) is 22.5 Å². The van der Waals surface area contributed by atoms with Crippen LogP contribution in [0, 0.1) is 13.8 Å². The summed E-state index contributed by atoms with van der Waals surface area (Å²) in [4.78, 5) is 22.2. The van der Waals surface area contributed by atoms with Crippen LogP contribution >= 0.6 is 11.8 Å². The number of alkyl halides is 3. The van der Waals surface area contributed by atoms with E-state index in [1.54, 1.807) is 7.05 Å². The Morgan fingerprint density at radius 3 is 2.20 bits per heavy atom. The molecule has 0 fully saturated rings. The summed E-state index contributed by atoms with van der Waals surface area (Å²) in [6, 6.07) is 6.65. The molecule has 0 spiro atoms. The summed E-state index contributed by atoms with van der Waals surface area (Å²) in [6.45, 7) is 3.96. The van der Waals surface area contributed by atoms with Gasteiger partial charge in [0.1, 0.15) is 0 Å². The number of carbonyl (C=O) groups is 1. The maximum atomic E-state index is 12.5. The van der Waals surface area contributed by atoms with Crippen LogP contribution in [0.25, 0.3) is 0 Å². The van der Waals surface area contributed by atoms with Crippen molar-refractivity contribution in [2.45, 2.75) is 31.7 Å². The van der Waals surface area contributed by atoms with Crippen LogP contribution in [0.15, 0.2) is 35.5 Å². The summed E-state index contributed by atoms with van der Waals surface area (Å²) in [5, 5.41) is 0.536. The third-order valence-corrected chi connectivity index (χ3v) is 4.25. The van der Waals surface area contributed by atoms with E-state index < -0.39 is 11.7 Å². The number of aryl methyl sites for hydroxylation is 2. The molecule has 1 heterocycles. The molecule has 0 unspecified atom stereocenters. The molecule has 0 N–H and O–H groups in total. The van der Waals surface area contributed by atoms with Crippen LogP contribution in [0.3, 0.4) is 0 Å². The quantitative estimate of drug-likeness (QED) is 0.593. The maximum Gasteiger partial charge on any atom is 0.416 e. The van der Waals surface area contributed by atoms with Gasteiger partial charge in [-0.2, -0.15) is 13.2 Å². The fourth-order valence-corrected chi connectivity index (χ4v) is 3.05. The van der Waals surface area contributed by atoms with Crippen molar-refractivity contribution in [1.82, 2.24) is 14.9 Å². The van der Waals surface area contributed by atoms with Crippen LogP contribution < -0.4 is 0 Å². The van der Waals surface area contributed by atoms with Gasteiger partial charge in [-0.05, 0) is 37.6 Å². The molecular formula is C17H18F3N3OS. The molecule has 0 radical (unpaired) electrons. The van der Waals surface area contributed by atoms with Gasteiger partial charge < -0.3 is 4.90 Å². The number of benzene rings is 1. The van der Waals surface area contributed by atoms with Crippen molar-refractivity contribution in [3.05, 3.63) is 52.8 Å². The third kappa shape index (κ3) is 5.74. The number of thioether (sulfide) groups is 1. The molecule has 0 saturated carbocycles. The van der Waals surface area contributed by atoms with Crippen molar-refractivity contribution in [2.24, 2.45) is 0 Å². The van der Waals surface area contributed by atoms with E-state index in [1.165, 1.54) is 28.8 Å². The Hall–Kier alpha value is -2.09. The highest BCUT2D eigenvalue weighted by atomic mass is 32.2. The summed E-state index contributed by atoms with van der Waals surface area (Å²) in [5.74, 6) is 0.0210. The molecule has 134 valence electrons. The predicted molar refractivity (Wildman–Crippen MR) is 90.1 cm³/mol. The van der Waals surface area contributed by atoms with Crippen molar-refractivity contribution >= 4 is 17.7 Å². The number of hydrogen-bond donors (Lipinski definition) is 0. The second-order valence-corrected chi connectivity index (χ2v) is 6.61. The number of amides is 1. The summed E-state index contributed by atoms with van der Waals surface area (Å²) in [5.41, 5.74) is 1.60. The number of nitrogens with zero attached hydrogens (tertiary/aromatic N) is 3. The average molecular weight is 369 g/mol. The van der Waals surface area contributed by atoms with E-state index in [-0.39, 0.29) is 18.2 Å². The van der Waals surface area contributed by atoms with Crippen molar-refractivity contribution in [1.29, 1.82) is 0 Å². The topological polar surface area (TPSA) is 46.1 Å². The Labute approximate surface area is 148 Å². The molecule has 25 heavy (non-hydrogen) atoms. The van der Waals surface area contributed by atoms with Gasteiger partial charge in [0, 0.05) is 25.0 Å². The maximum absolute atomic E-state index is 12.5. The molecule has 8 heteroatoms. The normalized spacial score (nSPS) is 11.4. The molecule has 4 nitrogen and oxygen atoms in total. The molecule has 2 aromatic rings. The second kappa shape index (κ2) is 7.86. The number of halogens is 3. The van der Waals surface area contributed by atoms with E-state index in [1.807, 2.05) is 19.9 Å². The summed E-state index contributed by atoms with van der Waals surface area (Å²) < 4.78 is 37.6. The van der Waals surface area contributed by atoms with Crippen LogP contribution in [0.4, 0.5) is 13.2 Å². The highest BCUT2D eigenvalue weighted by Crippen LogP contribution is 2.29. The molecule has 2 rings (SSSR count). The molecule has 0 aliphatic carbocycles. The lowest BCUT2D eigenvalue weighted by atomic mass is 10.1. The van der Waals surface area contributed by atoms with Gasteiger partial charge in [0.05, 0.1) is 11.3 Å². The number of carbonyl (C=O) groups excluding carboxylic acids is 1. The van der Waals surface area contributed by atoms with Crippen LogP contribution in [0.2, 0.25) is 0 Å². The molecule has 1 amide bonds. The zero-order chi connectivity index (χ0) is 18.6. The van der Waals surface area contributed by atoms with Crippen molar-refractivity contribution in [3.8, 4) is 0 Å². The zero-order valence-corrected chi connectivity index (χ0v) is 14.9. The Morgan fingerprint density at radius 2 is 1.68 bits per heavy atom. The fraction of sp³-hybridized carbons (Fsp3) is 0.353.